The van der Waals surface area contributed by atoms with Crippen molar-refractivity contribution in [3.63, 3.8) is 0 Å². The third-order valence-corrected chi connectivity index (χ3v) is 6.21. The molecule has 0 aliphatic carbocycles. The van der Waals surface area contributed by atoms with E-state index in [0.29, 0.717) is 30.8 Å². The Labute approximate surface area is 209 Å². The number of hydrogen-bond donors (Lipinski definition) is 1. The van der Waals surface area contributed by atoms with Crippen LogP contribution in [0.2, 0.25) is 0 Å². The van der Waals surface area contributed by atoms with Crippen molar-refractivity contribution in [3.05, 3.63) is 82.4 Å². The van der Waals surface area contributed by atoms with Crippen LogP contribution in [0.4, 0.5) is 13.2 Å². The first-order valence-electron chi connectivity index (χ1n) is 11.0. The second kappa shape index (κ2) is 9.79. The first-order valence-corrected chi connectivity index (χ1v) is 11.0. The highest BCUT2D eigenvalue weighted by Crippen LogP contribution is 2.32. The third-order valence-electron chi connectivity index (χ3n) is 6.21. The predicted molar refractivity (Wildman–Crippen MR) is 131 cm³/mol. The molecule has 0 radical (unpaired) electrons. The molecule has 1 aliphatic rings. The molecule has 2 aromatic heterocycles. The van der Waals surface area contributed by atoms with Gasteiger partial charge in [0.25, 0.3) is 0 Å². The van der Waals surface area contributed by atoms with Crippen LogP contribution in [0.5, 0.6) is 0 Å². The van der Waals surface area contributed by atoms with E-state index in [4.69, 9.17) is 4.74 Å². The smallest absolute Gasteiger partial charge is 0.417 e. The minimum absolute atomic E-state index is 0. The van der Waals surface area contributed by atoms with Crippen LogP contribution in [0.3, 0.4) is 0 Å². The summed E-state index contributed by atoms with van der Waals surface area (Å²) in [7, 11) is 1.31. The number of hydrogen-bond acceptors (Lipinski definition) is 5. The van der Waals surface area contributed by atoms with Gasteiger partial charge in [-0.05, 0) is 54.4 Å². The Kier molecular flexibility index (Phi) is 6.92. The highest BCUT2D eigenvalue weighted by Gasteiger charge is 2.33. The zero-order chi connectivity index (χ0) is 24.7. The average Bonchev–Trinajstić information content (AvgIpc) is 3.48. The van der Waals surface area contributed by atoms with Gasteiger partial charge in [-0.2, -0.15) is 13.2 Å². The Morgan fingerprint density at radius 3 is 2.28 bits per heavy atom. The number of aromatic nitrogens is 3. The molecule has 3 heterocycles. The van der Waals surface area contributed by atoms with Crippen molar-refractivity contribution in [2.24, 2.45) is 0 Å². The van der Waals surface area contributed by atoms with E-state index >= 15 is 0 Å². The Morgan fingerprint density at radius 2 is 1.72 bits per heavy atom. The van der Waals surface area contributed by atoms with Crippen molar-refractivity contribution < 1.29 is 22.7 Å². The number of carbonyl (C=O) groups excluding carboxylic acids is 1. The lowest BCUT2D eigenvalue weighted by Crippen LogP contribution is -2.28. The maximum Gasteiger partial charge on any atom is 0.417 e. The maximum absolute atomic E-state index is 13.5. The molecule has 1 aliphatic heterocycles. The Balaban J connectivity index is 0.00000304. The fourth-order valence-corrected chi connectivity index (χ4v) is 4.41. The molecule has 2 aromatic carbocycles. The van der Waals surface area contributed by atoms with Crippen LogP contribution >= 0.6 is 12.4 Å². The lowest BCUT2D eigenvalue weighted by atomic mass is 10.0. The van der Waals surface area contributed by atoms with Gasteiger partial charge in [-0.15, -0.1) is 12.4 Å². The van der Waals surface area contributed by atoms with Crippen LogP contribution in [0.25, 0.3) is 28.0 Å². The molecule has 1 unspecified atom stereocenters. The summed E-state index contributed by atoms with van der Waals surface area (Å²) in [5.41, 5.74) is 1.47. The van der Waals surface area contributed by atoms with Crippen LogP contribution in [0.1, 0.15) is 28.4 Å². The molecule has 0 spiro atoms. The molecule has 0 amide bonds. The summed E-state index contributed by atoms with van der Waals surface area (Å²) in [5, 5.41) is 3.18. The van der Waals surface area contributed by atoms with E-state index in [1.54, 1.807) is 48.5 Å². The fraction of sp³-hybridized carbons (Fsp3) is 0.240. The number of imidazole rings is 1. The first-order chi connectivity index (χ1) is 16.8. The number of nitrogens with one attached hydrogen (secondary N) is 1. The van der Waals surface area contributed by atoms with Gasteiger partial charge in [-0.3, -0.25) is 9.13 Å². The monoisotopic (exact) mass is 518 g/mol. The highest BCUT2D eigenvalue weighted by atomic mass is 35.5. The van der Waals surface area contributed by atoms with Gasteiger partial charge in [0.05, 0.1) is 35.5 Å². The molecule has 7 nitrogen and oxygen atoms in total. The summed E-state index contributed by atoms with van der Waals surface area (Å²) >= 11 is 0. The maximum atomic E-state index is 13.5. The largest absolute Gasteiger partial charge is 0.465 e. The quantitative estimate of drug-likeness (QED) is 0.399. The van der Waals surface area contributed by atoms with Crippen LogP contribution in [-0.4, -0.2) is 40.3 Å². The van der Waals surface area contributed by atoms with Crippen LogP contribution in [0, 0.1) is 0 Å². The van der Waals surface area contributed by atoms with E-state index in [1.165, 1.54) is 16.2 Å². The highest BCUT2D eigenvalue weighted by molar-refractivity contribution is 5.90. The number of ether oxygens (including phenoxy) is 1. The van der Waals surface area contributed by atoms with Gasteiger partial charge in [-0.1, -0.05) is 24.3 Å². The number of carbonyl (C=O) groups is 1. The van der Waals surface area contributed by atoms with Crippen molar-refractivity contribution in [1.82, 2.24) is 19.4 Å². The van der Waals surface area contributed by atoms with Crippen molar-refractivity contribution in [2.75, 3.05) is 20.2 Å². The average molecular weight is 519 g/mol. The number of pyridine rings is 1. The Morgan fingerprint density at radius 1 is 1.08 bits per heavy atom. The normalized spacial score (nSPS) is 15.6. The first kappa shape index (κ1) is 25.5. The van der Waals surface area contributed by atoms with E-state index in [-0.39, 0.29) is 29.6 Å². The molecule has 1 fully saturated rings. The number of halogens is 4. The minimum atomic E-state index is -4.58. The fourth-order valence-electron chi connectivity index (χ4n) is 4.41. The summed E-state index contributed by atoms with van der Waals surface area (Å²) in [6.45, 7) is 1.26. The van der Waals surface area contributed by atoms with Gasteiger partial charge in [-0.25, -0.2) is 14.6 Å². The van der Waals surface area contributed by atoms with E-state index < -0.39 is 23.4 Å². The topological polar surface area (TPSA) is 78.1 Å². The molecule has 4 aromatic rings. The zero-order valence-electron chi connectivity index (χ0n) is 19.1. The lowest BCUT2D eigenvalue weighted by molar-refractivity contribution is -0.137. The summed E-state index contributed by atoms with van der Waals surface area (Å²) < 4.78 is 47.7. The number of rotatable bonds is 4. The van der Waals surface area contributed by atoms with E-state index in [2.05, 4.69) is 10.3 Å². The van der Waals surface area contributed by atoms with Gasteiger partial charge in [0.15, 0.2) is 5.65 Å². The standard InChI is InChI=1S/C25H21F3N4O3.ClH/c1-35-23(33)17-4-2-15(3-5-17)16-6-8-19(9-7-16)31-21-12-18(25(26,27)28)13-30-22(21)32(24(31)34)20-10-11-29-14-20;/h2-9,12-13,20,29H,10-11,14H2,1H3;1H. The molecular weight excluding hydrogens is 497 g/mol. The number of alkyl halides is 3. The molecule has 5 rings (SSSR count). The number of fused-ring (bicyclic) bond motifs is 1. The van der Waals surface area contributed by atoms with Gasteiger partial charge in [0.1, 0.15) is 0 Å². The van der Waals surface area contributed by atoms with Crippen molar-refractivity contribution in [1.29, 1.82) is 0 Å². The van der Waals surface area contributed by atoms with Crippen LogP contribution in [-0.2, 0) is 10.9 Å². The molecule has 0 saturated carbocycles. The molecule has 36 heavy (non-hydrogen) atoms. The summed E-state index contributed by atoms with van der Waals surface area (Å²) in [4.78, 5) is 29.2. The lowest BCUT2D eigenvalue weighted by Gasteiger charge is -2.10. The van der Waals surface area contributed by atoms with Crippen molar-refractivity contribution in [3.8, 4) is 16.8 Å². The molecule has 188 valence electrons. The zero-order valence-corrected chi connectivity index (χ0v) is 19.9. The molecule has 1 atom stereocenters. The summed E-state index contributed by atoms with van der Waals surface area (Å²) in [5.74, 6) is -0.438. The van der Waals surface area contributed by atoms with E-state index in [1.807, 2.05) is 0 Å². The molecule has 1 saturated heterocycles. The van der Waals surface area contributed by atoms with Crippen LogP contribution in [0.15, 0.2) is 65.6 Å². The van der Waals surface area contributed by atoms with Gasteiger partial charge < -0.3 is 10.1 Å². The Hall–Kier alpha value is -3.63. The number of esters is 1. The summed E-state index contributed by atoms with van der Waals surface area (Å²) in [6.07, 6.45) is -3.13. The molecule has 0 bridgehead atoms. The minimum Gasteiger partial charge on any atom is -0.465 e. The number of benzene rings is 2. The SMILES string of the molecule is COC(=O)c1ccc(-c2ccc(-n3c(=O)n(C4CCNC4)c4ncc(C(F)(F)F)cc43)cc2)cc1.Cl. The van der Waals surface area contributed by atoms with E-state index in [0.717, 1.165) is 23.4 Å². The van der Waals surface area contributed by atoms with Crippen molar-refractivity contribution in [2.45, 2.75) is 18.6 Å². The van der Waals surface area contributed by atoms with Gasteiger partial charge in [0, 0.05) is 12.7 Å². The van der Waals surface area contributed by atoms with Gasteiger partial charge in [0.2, 0.25) is 0 Å². The molecular formula is C25H22ClF3N4O3. The predicted octanol–water partition coefficient (Wildman–Crippen LogP) is 4.62. The second-order valence-corrected chi connectivity index (χ2v) is 8.31. The number of nitrogens with zero attached hydrogens (tertiary/aromatic N) is 3. The van der Waals surface area contributed by atoms with Crippen LogP contribution < -0.4 is 11.0 Å². The van der Waals surface area contributed by atoms with Crippen molar-refractivity contribution >= 4 is 29.5 Å². The summed E-state index contributed by atoms with van der Waals surface area (Å²) in [6, 6.07) is 14.5. The number of methoxy groups -OCH3 is 1. The second-order valence-electron chi connectivity index (χ2n) is 8.31. The Bertz CT molecular complexity index is 1460. The third kappa shape index (κ3) is 4.49. The van der Waals surface area contributed by atoms with E-state index in [9.17, 15) is 22.8 Å². The van der Waals surface area contributed by atoms with Gasteiger partial charge >= 0.3 is 17.8 Å². The molecule has 1 N–H and O–H groups in total. The molecule has 11 heteroatoms.